The zero-order valence-electron chi connectivity index (χ0n) is 14.3. The summed E-state index contributed by atoms with van der Waals surface area (Å²) >= 11 is 0. The third kappa shape index (κ3) is 5.08. The van der Waals surface area contributed by atoms with Crippen LogP contribution >= 0.6 is 0 Å². The molecule has 1 rings (SSSR count). The Bertz CT molecular complexity index is 325. The first-order valence-electron chi connectivity index (χ1n) is 8.07. The predicted molar refractivity (Wildman–Crippen MR) is 85.4 cm³/mol. The van der Waals surface area contributed by atoms with Crippen LogP contribution in [0.2, 0.25) is 0 Å². The van der Waals surface area contributed by atoms with Crippen LogP contribution in [0, 0.1) is 16.7 Å². The normalized spacial score (nSPS) is 26.1. The number of hydrogen-bond donors (Lipinski definition) is 2. The number of hydrogen-bond acceptors (Lipinski definition) is 2. The molecule has 1 aliphatic rings. The average molecular weight is 282 g/mol. The van der Waals surface area contributed by atoms with Gasteiger partial charge in [0.15, 0.2) is 0 Å². The van der Waals surface area contributed by atoms with Crippen LogP contribution in [0.5, 0.6) is 0 Å². The zero-order chi connectivity index (χ0) is 15.6. The highest BCUT2D eigenvalue weighted by atomic mass is 16.1. The molecule has 3 unspecified atom stereocenters. The van der Waals surface area contributed by atoms with E-state index in [1.54, 1.807) is 0 Å². The van der Waals surface area contributed by atoms with Gasteiger partial charge in [-0.1, -0.05) is 54.4 Å². The minimum Gasteiger partial charge on any atom is -0.353 e. The van der Waals surface area contributed by atoms with Crippen molar-refractivity contribution in [2.75, 3.05) is 0 Å². The third-order valence-corrected chi connectivity index (χ3v) is 4.74. The van der Waals surface area contributed by atoms with Crippen molar-refractivity contribution in [2.24, 2.45) is 22.5 Å². The highest BCUT2D eigenvalue weighted by molar-refractivity contribution is 5.77. The maximum atomic E-state index is 12.2. The molecule has 1 fully saturated rings. The molecule has 0 aromatic carbocycles. The molecule has 1 amide bonds. The average Bonchev–Trinajstić information content (AvgIpc) is 2.26. The van der Waals surface area contributed by atoms with Gasteiger partial charge in [-0.2, -0.15) is 0 Å². The summed E-state index contributed by atoms with van der Waals surface area (Å²) < 4.78 is 0. The van der Waals surface area contributed by atoms with E-state index in [4.69, 9.17) is 5.73 Å². The van der Waals surface area contributed by atoms with Gasteiger partial charge < -0.3 is 11.1 Å². The Balaban J connectivity index is 2.59. The van der Waals surface area contributed by atoms with Gasteiger partial charge in [0.25, 0.3) is 0 Å². The lowest BCUT2D eigenvalue weighted by Crippen LogP contribution is -2.49. The Morgan fingerprint density at radius 3 is 2.20 bits per heavy atom. The number of carbonyl (C=O) groups is 1. The summed E-state index contributed by atoms with van der Waals surface area (Å²) in [6, 6.07) is 0.239. The lowest BCUT2D eigenvalue weighted by atomic mass is 9.69. The van der Waals surface area contributed by atoms with Gasteiger partial charge in [-0.3, -0.25) is 4.79 Å². The van der Waals surface area contributed by atoms with Gasteiger partial charge in [-0.05, 0) is 29.6 Å². The van der Waals surface area contributed by atoms with E-state index in [1.807, 2.05) is 0 Å². The molecule has 118 valence electrons. The van der Waals surface area contributed by atoms with Crippen LogP contribution in [-0.2, 0) is 4.79 Å². The molecule has 20 heavy (non-hydrogen) atoms. The van der Waals surface area contributed by atoms with E-state index in [2.05, 4.69) is 46.9 Å². The molecular weight excluding hydrogens is 248 g/mol. The van der Waals surface area contributed by atoms with Gasteiger partial charge in [0.1, 0.15) is 0 Å². The fourth-order valence-corrected chi connectivity index (χ4v) is 3.11. The first kappa shape index (κ1) is 17.5. The van der Waals surface area contributed by atoms with Crippen LogP contribution in [0.4, 0.5) is 0 Å². The van der Waals surface area contributed by atoms with E-state index in [1.165, 1.54) is 19.3 Å². The van der Waals surface area contributed by atoms with Crippen LogP contribution < -0.4 is 11.1 Å². The van der Waals surface area contributed by atoms with Crippen molar-refractivity contribution in [2.45, 2.75) is 85.7 Å². The van der Waals surface area contributed by atoms with E-state index >= 15 is 0 Å². The van der Waals surface area contributed by atoms with Crippen molar-refractivity contribution < 1.29 is 4.79 Å². The summed E-state index contributed by atoms with van der Waals surface area (Å²) in [5.74, 6) is 0.694. The lowest BCUT2D eigenvalue weighted by molar-refractivity contribution is -0.123. The van der Waals surface area contributed by atoms with E-state index < -0.39 is 0 Å². The van der Waals surface area contributed by atoms with Crippen molar-refractivity contribution >= 4 is 5.91 Å². The molecule has 0 radical (unpaired) electrons. The number of carbonyl (C=O) groups excluding carboxylic acids is 1. The van der Waals surface area contributed by atoms with Gasteiger partial charge in [-0.25, -0.2) is 0 Å². The van der Waals surface area contributed by atoms with Gasteiger partial charge >= 0.3 is 0 Å². The summed E-state index contributed by atoms with van der Waals surface area (Å²) in [5, 5.41) is 3.26. The molecule has 0 bridgehead atoms. The molecule has 1 saturated carbocycles. The van der Waals surface area contributed by atoms with Crippen LogP contribution in [0.1, 0.15) is 73.6 Å². The van der Waals surface area contributed by atoms with Gasteiger partial charge in [0.2, 0.25) is 5.91 Å². The Hall–Kier alpha value is -0.570. The lowest BCUT2D eigenvalue weighted by Gasteiger charge is -2.41. The maximum Gasteiger partial charge on any atom is 0.221 e. The molecule has 3 nitrogen and oxygen atoms in total. The second-order valence-corrected chi connectivity index (χ2v) is 8.61. The SMILES string of the molecule is CC(C)(C)C(N)CC(=O)NC1CCCCC1C(C)(C)C. The Kier molecular flexibility index (Phi) is 5.65. The van der Waals surface area contributed by atoms with Gasteiger partial charge in [-0.15, -0.1) is 0 Å². The Morgan fingerprint density at radius 2 is 1.70 bits per heavy atom. The number of amides is 1. The van der Waals surface area contributed by atoms with E-state index in [0.717, 1.165) is 6.42 Å². The quantitative estimate of drug-likeness (QED) is 0.832. The molecule has 3 atom stereocenters. The minimum absolute atomic E-state index is 0.0205. The smallest absolute Gasteiger partial charge is 0.221 e. The largest absolute Gasteiger partial charge is 0.353 e. The summed E-state index contributed by atoms with van der Waals surface area (Å²) in [5.41, 5.74) is 6.35. The summed E-state index contributed by atoms with van der Waals surface area (Å²) in [7, 11) is 0. The van der Waals surface area contributed by atoms with Crippen LogP contribution in [0.15, 0.2) is 0 Å². The molecule has 0 aromatic heterocycles. The summed E-state index contributed by atoms with van der Waals surface area (Å²) in [6.45, 7) is 13.1. The van der Waals surface area contributed by atoms with Crippen LogP contribution in [0.25, 0.3) is 0 Å². The topological polar surface area (TPSA) is 55.1 Å². The maximum absolute atomic E-state index is 12.2. The van der Waals surface area contributed by atoms with Crippen molar-refractivity contribution in [1.29, 1.82) is 0 Å². The van der Waals surface area contributed by atoms with Crippen molar-refractivity contribution in [3.05, 3.63) is 0 Å². The third-order valence-electron chi connectivity index (χ3n) is 4.74. The van der Waals surface area contributed by atoms with Crippen molar-refractivity contribution in [1.82, 2.24) is 5.32 Å². The second-order valence-electron chi connectivity index (χ2n) is 8.61. The molecule has 3 heteroatoms. The first-order valence-corrected chi connectivity index (χ1v) is 8.07. The molecule has 0 aliphatic heterocycles. The predicted octanol–water partition coefficient (Wildman–Crippen LogP) is 3.47. The second kappa shape index (κ2) is 6.46. The molecule has 0 saturated heterocycles. The van der Waals surface area contributed by atoms with E-state index in [-0.39, 0.29) is 22.8 Å². The molecular formula is C17H34N2O. The van der Waals surface area contributed by atoms with E-state index in [9.17, 15) is 4.79 Å². The van der Waals surface area contributed by atoms with Crippen LogP contribution in [0.3, 0.4) is 0 Å². The Morgan fingerprint density at radius 1 is 1.15 bits per heavy atom. The fraction of sp³-hybridized carbons (Fsp3) is 0.941. The standard InChI is InChI=1S/C17H34N2O/c1-16(2,3)12-9-7-8-10-13(12)19-15(20)11-14(18)17(4,5)6/h12-14H,7-11,18H2,1-6H3,(H,19,20). The number of nitrogens with two attached hydrogens (primary N) is 1. The highest BCUT2D eigenvalue weighted by Gasteiger charge is 2.35. The van der Waals surface area contributed by atoms with Gasteiger partial charge in [0.05, 0.1) is 0 Å². The molecule has 0 heterocycles. The Labute approximate surface area is 125 Å². The molecule has 0 aromatic rings. The molecule has 1 aliphatic carbocycles. The fourth-order valence-electron chi connectivity index (χ4n) is 3.11. The molecule has 0 spiro atoms. The molecule has 3 N–H and O–H groups in total. The first-order chi connectivity index (χ1) is 9.01. The van der Waals surface area contributed by atoms with Crippen molar-refractivity contribution in [3.8, 4) is 0 Å². The highest BCUT2D eigenvalue weighted by Crippen LogP contribution is 2.38. The van der Waals surface area contributed by atoms with Crippen LogP contribution in [-0.4, -0.2) is 18.0 Å². The van der Waals surface area contributed by atoms with Gasteiger partial charge in [0, 0.05) is 18.5 Å². The minimum atomic E-state index is -0.0841. The monoisotopic (exact) mass is 282 g/mol. The summed E-state index contributed by atoms with van der Waals surface area (Å²) in [4.78, 5) is 12.2. The van der Waals surface area contributed by atoms with E-state index in [0.29, 0.717) is 18.4 Å². The zero-order valence-corrected chi connectivity index (χ0v) is 14.3. The summed E-state index contributed by atoms with van der Waals surface area (Å²) in [6.07, 6.45) is 5.27. The number of rotatable bonds is 3. The number of nitrogens with one attached hydrogen (secondary N) is 1. The van der Waals surface area contributed by atoms with Crippen molar-refractivity contribution in [3.63, 3.8) is 0 Å².